The van der Waals surface area contributed by atoms with Crippen molar-refractivity contribution in [1.82, 2.24) is 29.7 Å². The first-order chi connectivity index (χ1) is 65.0. The number of anilines is 2. The van der Waals surface area contributed by atoms with Gasteiger partial charge in [-0.05, 0) is 191 Å². The number of ether oxygens (including phenoxy) is 2. The van der Waals surface area contributed by atoms with Crippen molar-refractivity contribution in [3.63, 3.8) is 0 Å². The van der Waals surface area contributed by atoms with Gasteiger partial charge in [0.05, 0.1) is 23.8 Å². The first-order valence-corrected chi connectivity index (χ1v) is 51.4. The van der Waals surface area contributed by atoms with E-state index >= 15 is 0 Å². The molecule has 14 nitrogen and oxygen atoms in total. The molecule has 0 radical (unpaired) electrons. The Kier molecular flexibility index (Phi) is 41.7. The van der Waals surface area contributed by atoms with Gasteiger partial charge < -0.3 is 39.1 Å². The molecule has 0 bridgehead atoms. The van der Waals surface area contributed by atoms with Crippen LogP contribution in [0.15, 0.2) is 430 Å². The van der Waals surface area contributed by atoms with E-state index in [0.29, 0.717) is 67.0 Å². The molecule has 23 heteroatoms. The topological polar surface area (TPSA) is 158 Å². The van der Waals surface area contributed by atoms with E-state index in [4.69, 9.17) is 52.7 Å². The number of piperazine rings is 2. The molecule has 2 fully saturated rings. The van der Waals surface area contributed by atoms with Gasteiger partial charge in [-0.1, -0.05) is 411 Å². The minimum absolute atomic E-state index is 0. The van der Waals surface area contributed by atoms with Crippen LogP contribution in [0.3, 0.4) is 0 Å². The minimum atomic E-state index is -1.17. The number of rotatable bonds is 16. The van der Waals surface area contributed by atoms with Crippen LogP contribution in [0, 0.1) is 6.92 Å². The molecule has 16 aromatic rings. The summed E-state index contributed by atoms with van der Waals surface area (Å²) in [6.07, 6.45) is 3.00. The van der Waals surface area contributed by atoms with Crippen LogP contribution >= 0.6 is 70.8 Å². The van der Waals surface area contributed by atoms with Crippen molar-refractivity contribution in [1.29, 1.82) is 0 Å². The molecule has 2 amide bonds. The third kappa shape index (κ3) is 33.1. The number of carbonyl (C=O) groups excluding carboxylic acids is 2. The normalized spacial score (nSPS) is 12.2. The quantitative estimate of drug-likeness (QED) is 0.0698. The molecule has 2 saturated heterocycles. The number of carbonyl (C=O) groups is 2. The fourth-order valence-corrected chi connectivity index (χ4v) is 24.3. The van der Waals surface area contributed by atoms with Crippen molar-refractivity contribution >= 4 is 165 Å². The molecule has 0 unspecified atom stereocenters. The van der Waals surface area contributed by atoms with E-state index < -0.39 is 50.0 Å². The number of hydrogen-bond acceptors (Lipinski definition) is 12. The zero-order valence-corrected chi connectivity index (χ0v) is 85.2. The Bertz CT molecular complexity index is 5150. The average Bonchev–Trinajstić information content (AvgIpc) is 0.862. The van der Waals surface area contributed by atoms with Gasteiger partial charge in [0.1, 0.15) is 33.1 Å². The van der Waals surface area contributed by atoms with E-state index in [2.05, 4.69) is 400 Å². The molecule has 0 saturated carbocycles. The Hall–Kier alpha value is -11.2. The smallest absolute Gasteiger partial charge is 0.444 e. The summed E-state index contributed by atoms with van der Waals surface area (Å²) >= 11 is 15.4. The van der Waals surface area contributed by atoms with E-state index in [1.165, 1.54) is 70.5 Å². The van der Waals surface area contributed by atoms with Crippen molar-refractivity contribution in [2.45, 2.75) is 66.5 Å². The van der Waals surface area contributed by atoms with Crippen LogP contribution in [-0.2, 0) is 29.9 Å². The van der Waals surface area contributed by atoms with E-state index in [1.807, 2.05) is 97.0 Å². The van der Waals surface area contributed by atoms with Gasteiger partial charge >= 0.3 is 19.3 Å². The molecular formula is C112H112BBrCl2N8O6P4Pd. The van der Waals surface area contributed by atoms with Crippen LogP contribution in [0.5, 0.6) is 0 Å². The van der Waals surface area contributed by atoms with Crippen LogP contribution in [-0.4, -0.2) is 123 Å². The molecule has 0 spiro atoms. The zero-order valence-electron chi connectivity index (χ0n) is 77.0. The number of aryl methyl sites for hydroxylation is 1. The summed E-state index contributed by atoms with van der Waals surface area (Å²) < 4.78 is 11.6. The van der Waals surface area contributed by atoms with Crippen molar-refractivity contribution in [2.75, 3.05) is 62.2 Å². The van der Waals surface area contributed by atoms with Crippen molar-refractivity contribution < 1.29 is 49.5 Å². The Labute approximate surface area is 834 Å². The Balaban J connectivity index is 0.000000155. The summed E-state index contributed by atoms with van der Waals surface area (Å²) in [6.45, 7) is 19.6. The maximum Gasteiger partial charge on any atom is 0.448 e. The summed E-state index contributed by atoms with van der Waals surface area (Å²) in [5.74, 6) is 1.60. The average molecular weight is 2060 g/mol. The molecule has 2 aliphatic rings. The van der Waals surface area contributed by atoms with Gasteiger partial charge in [0.25, 0.3) is 0 Å². The van der Waals surface area contributed by atoms with Crippen LogP contribution in [0.4, 0.5) is 21.2 Å². The Morgan fingerprint density at radius 3 is 0.704 bits per heavy atom. The monoisotopic (exact) mass is 2050 g/mol. The summed E-state index contributed by atoms with van der Waals surface area (Å²) in [7, 11) is -2.95. The Morgan fingerprint density at radius 1 is 0.319 bits per heavy atom. The predicted molar refractivity (Wildman–Crippen MR) is 574 cm³/mol. The van der Waals surface area contributed by atoms with Gasteiger partial charge in [-0.3, -0.25) is 4.98 Å². The van der Waals surface area contributed by atoms with Gasteiger partial charge in [-0.2, -0.15) is 0 Å². The minimum Gasteiger partial charge on any atom is -0.444 e. The molecular weight excluding hydrogens is 1950 g/mol. The number of amides is 2. The number of hydrogen-bond donors (Lipinski definition) is 2. The van der Waals surface area contributed by atoms with Gasteiger partial charge in [-0.15, -0.1) is 0 Å². The number of nitrogens with zero attached hydrogens (tertiary/aromatic N) is 8. The molecule has 0 aliphatic carbocycles. The largest absolute Gasteiger partial charge is 0.448 e. The second kappa shape index (κ2) is 53.9. The Morgan fingerprint density at radius 2 is 0.504 bits per heavy atom. The number of aromatic nitrogens is 4. The summed E-state index contributed by atoms with van der Waals surface area (Å²) in [5.41, 5.74) is 3.43. The zero-order chi connectivity index (χ0) is 94.4. The summed E-state index contributed by atoms with van der Waals surface area (Å²) in [6, 6.07) is 144. The fraction of sp³-hybridized carbons (Fsp3) is 0.161. The summed E-state index contributed by atoms with van der Waals surface area (Å²) in [4.78, 5) is 50.7. The van der Waals surface area contributed by atoms with Crippen LogP contribution in [0.25, 0.3) is 22.5 Å². The third-order valence-corrected chi connectivity index (χ3v) is 31.4. The molecule has 4 heterocycles. The van der Waals surface area contributed by atoms with Crippen LogP contribution in [0.2, 0.25) is 16.9 Å². The summed E-state index contributed by atoms with van der Waals surface area (Å²) in [5, 5.41) is 33.4. The van der Waals surface area contributed by atoms with Crippen molar-refractivity contribution in [2.24, 2.45) is 0 Å². The van der Waals surface area contributed by atoms with E-state index in [0.717, 1.165) is 39.8 Å². The maximum atomic E-state index is 12.2. The second-order valence-corrected chi connectivity index (χ2v) is 43.5. The van der Waals surface area contributed by atoms with Gasteiger partial charge in [0.15, 0.2) is 0 Å². The molecule has 2 N–H and O–H groups in total. The van der Waals surface area contributed by atoms with Crippen LogP contribution in [0.1, 0.15) is 47.2 Å². The van der Waals surface area contributed by atoms with Crippen LogP contribution < -0.4 is 73.5 Å². The molecule has 2 aromatic heterocycles. The van der Waals surface area contributed by atoms with Gasteiger partial charge in [0.2, 0.25) is 0 Å². The van der Waals surface area contributed by atoms with Crippen molar-refractivity contribution in [3.05, 3.63) is 445 Å². The fourth-order valence-electron chi connectivity index (χ4n) is 14.4. The van der Waals surface area contributed by atoms with Crippen molar-refractivity contribution in [3.8, 4) is 22.5 Å². The van der Waals surface area contributed by atoms with E-state index in [-0.39, 0.29) is 32.6 Å². The first-order valence-electron chi connectivity index (χ1n) is 44.5. The maximum absolute atomic E-state index is 12.2. The first kappa shape index (κ1) is 104. The van der Waals surface area contributed by atoms with Gasteiger partial charge in [-0.25, -0.2) is 24.5 Å². The predicted octanol–water partition coefficient (Wildman–Crippen LogP) is 21.6. The molecule has 2 aliphatic heterocycles. The molecule has 135 heavy (non-hydrogen) atoms. The standard InChI is InChI=1S/C20H25ClN4O2.C19H22BrClN4O2.4C18H15P.CH5BO2.Pd/c1-14-18(15-5-7-16(21)8-6-15)23-17(13-22-14)24-9-11-25(12-10-24)19(26)27-20(2,3)4;1-19(2,3)27-18(26)25-10-8-24(9-11-25)15-12-22-17(20)16(23-15)13-4-6-14(21)7-5-13;4*1-4-10-16(11-5-1)19(17-12-6-2-7-13-17)18-14-8-3-9-15-18;1-2(3)4;/h5-8,13H,9-12H2,1-4H3;4-7,12H,8-11H2,1-3H3;4*1-15H;3-4H,1H3;. The molecule has 18 rings (SSSR count). The second-order valence-electron chi connectivity index (χ2n) is 33.0. The SMILES string of the molecule is CB(O)O.CC(C)(C)OC(=O)N1CCN(c2cnc(Br)c(-c3ccc(Cl)cc3)n2)CC1.Cc1ncc(N2CCN(C(=O)OC(C)(C)C)CC2)nc1-c1ccc(Cl)cc1.[Pd].c1ccc(P(c2ccccc2)c2ccccc2)cc1.c1ccc(P(c2ccccc2)c2ccccc2)cc1.c1ccc(P(c2ccccc2)c2ccccc2)cc1.c1ccc(P(c2ccccc2)c2ccccc2)cc1. The molecule has 690 valence electrons. The van der Waals surface area contributed by atoms with E-state index in [1.54, 1.807) is 22.2 Å². The third-order valence-electron chi connectivity index (χ3n) is 20.6. The van der Waals surface area contributed by atoms with E-state index in [9.17, 15) is 9.59 Å². The molecule has 14 aromatic carbocycles. The number of halogens is 3. The molecule has 0 atom stereocenters. The van der Waals surface area contributed by atoms with Gasteiger partial charge in [0, 0.05) is 94.0 Å². The number of benzene rings is 14.